The highest BCUT2D eigenvalue weighted by Crippen LogP contribution is 2.33. The smallest absolute Gasteiger partial charge is 0.0310 e. The summed E-state index contributed by atoms with van der Waals surface area (Å²) in [5.41, 5.74) is 0. The van der Waals surface area contributed by atoms with E-state index < -0.39 is 0 Å². The van der Waals surface area contributed by atoms with Gasteiger partial charge in [0.1, 0.15) is 0 Å². The zero-order chi connectivity index (χ0) is 10.1. The van der Waals surface area contributed by atoms with Crippen LogP contribution in [0.15, 0.2) is 11.6 Å². The van der Waals surface area contributed by atoms with E-state index in [1.54, 1.807) is 0 Å². The summed E-state index contributed by atoms with van der Waals surface area (Å²) in [6, 6.07) is 2.24. The maximum atomic E-state index is 5.73. The average molecular weight is 215 g/mol. The van der Waals surface area contributed by atoms with Crippen LogP contribution in [0.5, 0.6) is 0 Å². The summed E-state index contributed by atoms with van der Waals surface area (Å²) in [4.78, 5) is 2.63. The van der Waals surface area contributed by atoms with Crippen molar-refractivity contribution in [2.75, 3.05) is 13.1 Å². The van der Waals surface area contributed by atoms with Gasteiger partial charge in [0.2, 0.25) is 0 Å². The van der Waals surface area contributed by atoms with Crippen molar-refractivity contribution in [3.63, 3.8) is 0 Å². The molecule has 80 valence electrons. The molecule has 0 bridgehead atoms. The molecule has 2 rings (SSSR count). The van der Waals surface area contributed by atoms with E-state index >= 15 is 0 Å². The predicted molar refractivity (Wildman–Crippen MR) is 60.6 cm³/mol. The molecule has 2 atom stereocenters. The van der Waals surface area contributed by atoms with Crippen LogP contribution in [0.25, 0.3) is 0 Å². The molecule has 1 heterocycles. The highest BCUT2D eigenvalue weighted by Gasteiger charge is 2.38. The number of rotatable bonds is 4. The zero-order valence-corrected chi connectivity index (χ0v) is 9.56. The summed E-state index contributed by atoms with van der Waals surface area (Å²) in [5.74, 6) is 0. The highest BCUT2D eigenvalue weighted by molar-refractivity contribution is 6.29. The fourth-order valence-corrected chi connectivity index (χ4v) is 2.45. The van der Waals surface area contributed by atoms with Gasteiger partial charge in [0.25, 0.3) is 0 Å². The minimum absolute atomic E-state index is 0.612. The highest BCUT2D eigenvalue weighted by atomic mass is 35.5. The number of likely N-dealkylation sites (tertiary alicyclic amines) is 1. The summed E-state index contributed by atoms with van der Waals surface area (Å²) in [6.07, 6.45) is 4.05. The van der Waals surface area contributed by atoms with Crippen molar-refractivity contribution in [3.05, 3.63) is 11.6 Å². The van der Waals surface area contributed by atoms with Gasteiger partial charge in [-0.15, -0.1) is 0 Å². The molecular formula is C11H19ClN2. The quantitative estimate of drug-likeness (QED) is 0.770. The van der Waals surface area contributed by atoms with Gasteiger partial charge >= 0.3 is 0 Å². The predicted octanol–water partition coefficient (Wildman–Crippen LogP) is 1.95. The normalized spacial score (nSPS) is 33.6. The lowest BCUT2D eigenvalue weighted by molar-refractivity contribution is 0.255. The van der Waals surface area contributed by atoms with Gasteiger partial charge in [-0.2, -0.15) is 0 Å². The van der Waals surface area contributed by atoms with Crippen molar-refractivity contribution in [2.45, 2.75) is 44.3 Å². The molecular weight excluding hydrogens is 196 g/mol. The Labute approximate surface area is 91.3 Å². The van der Waals surface area contributed by atoms with Gasteiger partial charge in [0.15, 0.2) is 0 Å². The first-order valence-electron chi connectivity index (χ1n) is 5.49. The Morgan fingerprint density at radius 1 is 1.57 bits per heavy atom. The number of hydrogen-bond donors (Lipinski definition) is 1. The Bertz CT molecular complexity index is 225. The standard InChI is InChI=1S/C11H19ClN2/c1-8(12)6-13-10-5-9(2)14(7-10)11-3-4-11/h9-11,13H,1,3-7H2,2H3. The van der Waals surface area contributed by atoms with E-state index in [9.17, 15) is 0 Å². The fourth-order valence-electron chi connectivity index (χ4n) is 2.37. The van der Waals surface area contributed by atoms with Crippen LogP contribution in [0.2, 0.25) is 0 Å². The Balaban J connectivity index is 1.77. The van der Waals surface area contributed by atoms with Crippen LogP contribution in [0.1, 0.15) is 26.2 Å². The van der Waals surface area contributed by atoms with Crippen molar-refractivity contribution in [3.8, 4) is 0 Å². The lowest BCUT2D eigenvalue weighted by Gasteiger charge is -2.19. The first-order chi connectivity index (χ1) is 6.66. The van der Waals surface area contributed by atoms with E-state index in [4.69, 9.17) is 11.6 Å². The molecule has 0 amide bonds. The molecule has 2 aliphatic rings. The maximum absolute atomic E-state index is 5.73. The zero-order valence-electron chi connectivity index (χ0n) is 8.80. The van der Waals surface area contributed by atoms with Crippen LogP contribution in [-0.4, -0.2) is 36.1 Å². The van der Waals surface area contributed by atoms with Gasteiger partial charge in [0, 0.05) is 36.2 Å². The van der Waals surface area contributed by atoms with Gasteiger partial charge in [-0.25, -0.2) is 0 Å². The van der Waals surface area contributed by atoms with Gasteiger partial charge in [-0.1, -0.05) is 18.2 Å². The van der Waals surface area contributed by atoms with E-state index in [0.717, 1.165) is 18.6 Å². The number of halogens is 1. The second kappa shape index (κ2) is 4.21. The topological polar surface area (TPSA) is 15.3 Å². The van der Waals surface area contributed by atoms with Crippen LogP contribution in [0.3, 0.4) is 0 Å². The minimum atomic E-state index is 0.612. The third-order valence-corrected chi connectivity index (χ3v) is 3.36. The van der Waals surface area contributed by atoms with Crippen molar-refractivity contribution in [1.82, 2.24) is 10.2 Å². The molecule has 1 aliphatic heterocycles. The van der Waals surface area contributed by atoms with Gasteiger partial charge in [0.05, 0.1) is 0 Å². The van der Waals surface area contributed by atoms with Crippen molar-refractivity contribution < 1.29 is 0 Å². The summed E-state index contributed by atoms with van der Waals surface area (Å²) in [6.45, 7) is 7.96. The molecule has 1 saturated heterocycles. The summed E-state index contributed by atoms with van der Waals surface area (Å²) < 4.78 is 0. The second-order valence-corrected chi connectivity index (χ2v) is 5.14. The number of hydrogen-bond acceptors (Lipinski definition) is 2. The average Bonchev–Trinajstić information content (AvgIpc) is 2.88. The third kappa shape index (κ3) is 2.50. The van der Waals surface area contributed by atoms with Gasteiger partial charge < -0.3 is 5.32 Å². The monoisotopic (exact) mass is 214 g/mol. The molecule has 0 aromatic rings. The van der Waals surface area contributed by atoms with Crippen LogP contribution in [-0.2, 0) is 0 Å². The third-order valence-electron chi connectivity index (χ3n) is 3.22. The molecule has 3 heteroatoms. The molecule has 2 nitrogen and oxygen atoms in total. The lowest BCUT2D eigenvalue weighted by atomic mass is 10.2. The van der Waals surface area contributed by atoms with Crippen molar-refractivity contribution in [2.24, 2.45) is 0 Å². The largest absolute Gasteiger partial charge is 0.308 e. The van der Waals surface area contributed by atoms with Crippen LogP contribution in [0, 0.1) is 0 Å². The summed E-state index contributed by atoms with van der Waals surface area (Å²) >= 11 is 5.73. The van der Waals surface area contributed by atoms with E-state index in [1.165, 1.54) is 25.8 Å². The summed E-state index contributed by atoms with van der Waals surface area (Å²) in [5, 5.41) is 4.16. The van der Waals surface area contributed by atoms with Gasteiger partial charge in [-0.3, -0.25) is 4.90 Å². The van der Waals surface area contributed by atoms with Crippen LogP contribution < -0.4 is 5.32 Å². The van der Waals surface area contributed by atoms with E-state index in [0.29, 0.717) is 11.1 Å². The summed E-state index contributed by atoms with van der Waals surface area (Å²) in [7, 11) is 0. The molecule has 2 unspecified atom stereocenters. The molecule has 0 radical (unpaired) electrons. The Morgan fingerprint density at radius 3 is 2.86 bits per heavy atom. The first kappa shape index (κ1) is 10.5. The van der Waals surface area contributed by atoms with Crippen molar-refractivity contribution in [1.29, 1.82) is 0 Å². The Kier molecular flexibility index (Phi) is 3.15. The molecule has 14 heavy (non-hydrogen) atoms. The van der Waals surface area contributed by atoms with E-state index in [2.05, 4.69) is 23.7 Å². The van der Waals surface area contributed by atoms with Crippen molar-refractivity contribution >= 4 is 11.6 Å². The Morgan fingerprint density at radius 2 is 2.29 bits per heavy atom. The maximum Gasteiger partial charge on any atom is 0.0310 e. The molecule has 0 spiro atoms. The molecule has 2 fully saturated rings. The Hall–Kier alpha value is -0.0500. The van der Waals surface area contributed by atoms with E-state index in [1.807, 2.05) is 0 Å². The second-order valence-electron chi connectivity index (χ2n) is 4.61. The van der Waals surface area contributed by atoms with E-state index in [-0.39, 0.29) is 0 Å². The molecule has 1 saturated carbocycles. The lowest BCUT2D eigenvalue weighted by Crippen LogP contribution is -2.34. The number of nitrogens with one attached hydrogen (secondary N) is 1. The molecule has 1 N–H and O–H groups in total. The number of nitrogens with zero attached hydrogens (tertiary/aromatic N) is 1. The SMILES string of the molecule is C=C(Cl)CNC1CC(C)N(C2CC2)C1. The van der Waals surface area contributed by atoms with Crippen LogP contribution >= 0.6 is 11.6 Å². The first-order valence-corrected chi connectivity index (χ1v) is 5.87. The minimum Gasteiger partial charge on any atom is -0.308 e. The van der Waals surface area contributed by atoms with Crippen LogP contribution in [0.4, 0.5) is 0 Å². The van der Waals surface area contributed by atoms with Gasteiger partial charge in [-0.05, 0) is 26.2 Å². The molecule has 0 aromatic heterocycles. The molecule has 1 aliphatic carbocycles. The molecule has 0 aromatic carbocycles. The fraction of sp³-hybridized carbons (Fsp3) is 0.818.